The van der Waals surface area contributed by atoms with Crippen LogP contribution in [0.1, 0.15) is 37.9 Å². The van der Waals surface area contributed by atoms with Gasteiger partial charge in [0.05, 0.1) is 11.4 Å². The van der Waals surface area contributed by atoms with E-state index in [1.54, 1.807) is 23.6 Å². The summed E-state index contributed by atoms with van der Waals surface area (Å²) >= 11 is 3.27. The summed E-state index contributed by atoms with van der Waals surface area (Å²) in [6, 6.07) is 18.3. The number of thiazole rings is 1. The molecule has 0 atom stereocenters. The average molecular weight is 383 g/mol. The molecule has 1 amide bonds. The molecule has 0 N–H and O–H groups in total. The Kier molecular flexibility index (Phi) is 6.12. The van der Waals surface area contributed by atoms with Gasteiger partial charge in [0.1, 0.15) is 0 Å². The molecular weight excluding hydrogens is 360 g/mol. The molecule has 1 heterocycles. The summed E-state index contributed by atoms with van der Waals surface area (Å²) in [5, 5.41) is 2.75. The van der Waals surface area contributed by atoms with Gasteiger partial charge in [0.15, 0.2) is 5.13 Å². The first-order chi connectivity index (χ1) is 12.5. The summed E-state index contributed by atoms with van der Waals surface area (Å²) in [7, 11) is 0. The van der Waals surface area contributed by atoms with E-state index in [1.807, 2.05) is 35.7 Å². The second-order valence-electron chi connectivity index (χ2n) is 6.32. The quantitative estimate of drug-likeness (QED) is 0.473. The van der Waals surface area contributed by atoms with Crippen LogP contribution in [0.15, 0.2) is 64.9 Å². The Morgan fingerprint density at radius 3 is 2.42 bits per heavy atom. The van der Waals surface area contributed by atoms with Gasteiger partial charge >= 0.3 is 0 Å². The molecule has 3 nitrogen and oxygen atoms in total. The first-order valence-electron chi connectivity index (χ1n) is 8.57. The topological polar surface area (TPSA) is 33.2 Å². The zero-order valence-electron chi connectivity index (χ0n) is 15.2. The average Bonchev–Trinajstić information content (AvgIpc) is 3.09. The molecule has 26 heavy (non-hydrogen) atoms. The molecule has 2 aromatic carbocycles. The normalized spacial score (nSPS) is 10.9. The van der Waals surface area contributed by atoms with Crippen molar-refractivity contribution in [2.45, 2.75) is 37.3 Å². The smallest absolute Gasteiger partial charge is 0.230 e. The molecule has 0 saturated carbocycles. The molecule has 0 aliphatic heterocycles. The minimum absolute atomic E-state index is 0.0333. The van der Waals surface area contributed by atoms with E-state index in [9.17, 15) is 4.79 Å². The van der Waals surface area contributed by atoms with E-state index in [4.69, 9.17) is 0 Å². The maximum absolute atomic E-state index is 12.1. The fraction of sp³-hybridized carbons (Fsp3) is 0.238. The number of anilines is 2. The standard InChI is InChI=1S/C21H22N2OS2/c1-15(2)17-9-11-20(12-10-17)25-13-18-14-26-21(22-18)23(16(3)24)19-7-5-4-6-8-19/h4-12,14-15H,13H2,1-3H3. The maximum atomic E-state index is 12.1. The van der Waals surface area contributed by atoms with Gasteiger partial charge in [-0.1, -0.05) is 44.2 Å². The third kappa shape index (κ3) is 4.54. The highest BCUT2D eigenvalue weighted by molar-refractivity contribution is 7.98. The summed E-state index contributed by atoms with van der Waals surface area (Å²) < 4.78 is 0. The third-order valence-electron chi connectivity index (χ3n) is 3.99. The zero-order chi connectivity index (χ0) is 18.5. The predicted octanol–water partition coefficient (Wildman–Crippen LogP) is 6.24. The van der Waals surface area contributed by atoms with Crippen LogP contribution in [0.2, 0.25) is 0 Å². The van der Waals surface area contributed by atoms with Crippen molar-refractivity contribution in [2.24, 2.45) is 0 Å². The Bertz CT molecular complexity index is 857. The lowest BCUT2D eigenvalue weighted by molar-refractivity contribution is -0.115. The predicted molar refractivity (Wildman–Crippen MR) is 111 cm³/mol. The number of nitrogens with zero attached hydrogens (tertiary/aromatic N) is 2. The number of para-hydroxylation sites is 1. The molecular formula is C21H22N2OS2. The number of aromatic nitrogens is 1. The fourth-order valence-electron chi connectivity index (χ4n) is 2.58. The van der Waals surface area contributed by atoms with Crippen molar-refractivity contribution in [3.63, 3.8) is 0 Å². The van der Waals surface area contributed by atoms with E-state index in [2.05, 4.69) is 43.1 Å². The number of carbonyl (C=O) groups is 1. The van der Waals surface area contributed by atoms with Crippen molar-refractivity contribution in [3.8, 4) is 0 Å². The van der Waals surface area contributed by atoms with Crippen LogP contribution in [-0.2, 0) is 10.5 Å². The SMILES string of the molecule is CC(=O)N(c1ccccc1)c1nc(CSc2ccc(C(C)C)cc2)cs1. The minimum atomic E-state index is -0.0333. The van der Waals surface area contributed by atoms with E-state index < -0.39 is 0 Å². The van der Waals surface area contributed by atoms with Crippen molar-refractivity contribution >= 4 is 39.8 Å². The van der Waals surface area contributed by atoms with E-state index in [0.717, 1.165) is 22.3 Å². The molecule has 0 aliphatic rings. The Hall–Kier alpha value is -2.11. The monoisotopic (exact) mass is 382 g/mol. The maximum Gasteiger partial charge on any atom is 0.230 e. The highest BCUT2D eigenvalue weighted by Gasteiger charge is 2.17. The van der Waals surface area contributed by atoms with Crippen LogP contribution >= 0.6 is 23.1 Å². The molecule has 0 fully saturated rings. The van der Waals surface area contributed by atoms with Crippen LogP contribution < -0.4 is 4.90 Å². The summed E-state index contributed by atoms with van der Waals surface area (Å²) in [6.07, 6.45) is 0. The molecule has 134 valence electrons. The fourth-order valence-corrected chi connectivity index (χ4v) is 4.36. The van der Waals surface area contributed by atoms with Crippen molar-refractivity contribution < 1.29 is 4.79 Å². The number of hydrogen-bond donors (Lipinski definition) is 0. The van der Waals surface area contributed by atoms with E-state index in [-0.39, 0.29) is 5.91 Å². The van der Waals surface area contributed by atoms with Gasteiger partial charge in [0, 0.05) is 23.0 Å². The summed E-state index contributed by atoms with van der Waals surface area (Å²) in [5.74, 6) is 1.30. The van der Waals surface area contributed by atoms with Gasteiger partial charge in [-0.2, -0.15) is 0 Å². The van der Waals surface area contributed by atoms with Crippen molar-refractivity contribution in [3.05, 3.63) is 71.2 Å². The number of benzene rings is 2. The third-order valence-corrected chi connectivity index (χ3v) is 5.91. The second-order valence-corrected chi connectivity index (χ2v) is 8.21. The summed E-state index contributed by atoms with van der Waals surface area (Å²) in [6.45, 7) is 5.97. The van der Waals surface area contributed by atoms with Gasteiger partial charge in [-0.25, -0.2) is 4.98 Å². The van der Waals surface area contributed by atoms with Gasteiger partial charge in [-0.05, 0) is 35.7 Å². The first kappa shape index (κ1) is 18.7. The van der Waals surface area contributed by atoms with Crippen molar-refractivity contribution in [1.82, 2.24) is 4.98 Å². The highest BCUT2D eigenvalue weighted by Crippen LogP contribution is 2.31. The van der Waals surface area contributed by atoms with Gasteiger partial charge in [-0.15, -0.1) is 23.1 Å². The van der Waals surface area contributed by atoms with Crippen molar-refractivity contribution in [2.75, 3.05) is 4.90 Å². The summed E-state index contributed by atoms with van der Waals surface area (Å²) in [5.41, 5.74) is 3.19. The number of rotatable bonds is 6. The lowest BCUT2D eigenvalue weighted by Crippen LogP contribution is -2.22. The van der Waals surface area contributed by atoms with Crippen LogP contribution in [0.25, 0.3) is 0 Å². The van der Waals surface area contributed by atoms with E-state index >= 15 is 0 Å². The molecule has 3 aromatic rings. The Morgan fingerprint density at radius 2 is 1.81 bits per heavy atom. The van der Waals surface area contributed by atoms with Gasteiger partial charge in [0.25, 0.3) is 0 Å². The number of hydrogen-bond acceptors (Lipinski definition) is 4. The second kappa shape index (κ2) is 8.52. The lowest BCUT2D eigenvalue weighted by atomic mass is 10.0. The van der Waals surface area contributed by atoms with Crippen molar-refractivity contribution in [1.29, 1.82) is 0 Å². The largest absolute Gasteiger partial charge is 0.274 e. The van der Waals surface area contributed by atoms with Crippen LogP contribution in [0, 0.1) is 0 Å². The Labute approximate surface area is 163 Å². The van der Waals surface area contributed by atoms with E-state index in [1.165, 1.54) is 21.8 Å². The molecule has 5 heteroatoms. The zero-order valence-corrected chi connectivity index (χ0v) is 16.8. The van der Waals surface area contributed by atoms with Gasteiger partial charge in [0.2, 0.25) is 5.91 Å². The van der Waals surface area contributed by atoms with Crippen LogP contribution in [-0.4, -0.2) is 10.9 Å². The Balaban J connectivity index is 1.70. The molecule has 0 saturated heterocycles. The molecule has 0 spiro atoms. The van der Waals surface area contributed by atoms with Crippen LogP contribution in [0.3, 0.4) is 0 Å². The molecule has 0 unspecified atom stereocenters. The molecule has 0 radical (unpaired) electrons. The molecule has 0 aliphatic carbocycles. The van der Waals surface area contributed by atoms with Crippen LogP contribution in [0.4, 0.5) is 10.8 Å². The molecule has 3 rings (SSSR count). The first-order valence-corrected chi connectivity index (χ1v) is 10.4. The lowest BCUT2D eigenvalue weighted by Gasteiger charge is -2.17. The van der Waals surface area contributed by atoms with Crippen LogP contribution in [0.5, 0.6) is 0 Å². The number of carbonyl (C=O) groups excluding carboxylic acids is 1. The number of thioether (sulfide) groups is 1. The number of amides is 1. The van der Waals surface area contributed by atoms with Gasteiger partial charge in [-0.3, -0.25) is 9.69 Å². The highest BCUT2D eigenvalue weighted by atomic mass is 32.2. The van der Waals surface area contributed by atoms with Gasteiger partial charge < -0.3 is 0 Å². The Morgan fingerprint density at radius 1 is 1.12 bits per heavy atom. The summed E-state index contributed by atoms with van der Waals surface area (Å²) in [4.78, 5) is 19.7. The minimum Gasteiger partial charge on any atom is -0.274 e. The molecule has 1 aromatic heterocycles. The molecule has 0 bridgehead atoms. The van der Waals surface area contributed by atoms with E-state index in [0.29, 0.717) is 5.92 Å².